The summed E-state index contributed by atoms with van der Waals surface area (Å²) >= 11 is 12.0. The molecule has 0 fully saturated rings. The highest BCUT2D eigenvalue weighted by atomic mass is 35.5. The van der Waals surface area contributed by atoms with Crippen molar-refractivity contribution in [2.75, 3.05) is 0 Å². The molecule has 8 heterocycles. The topological polar surface area (TPSA) is 211 Å². The maximum Gasteiger partial charge on any atom is 0.420 e. The zero-order valence-corrected chi connectivity index (χ0v) is 38.5. The maximum absolute atomic E-state index is 13.8. The van der Waals surface area contributed by atoms with Gasteiger partial charge in [-0.15, -0.1) is 9.59 Å². The molecule has 71 heavy (non-hydrogen) atoms. The van der Waals surface area contributed by atoms with Crippen molar-refractivity contribution in [3.63, 3.8) is 0 Å². The molecule has 0 aliphatic carbocycles. The molecule has 0 unspecified atom stereocenters. The van der Waals surface area contributed by atoms with Gasteiger partial charge >= 0.3 is 12.4 Å². The van der Waals surface area contributed by atoms with Crippen LogP contribution in [-0.4, -0.2) is 85.8 Å². The summed E-state index contributed by atoms with van der Waals surface area (Å²) in [7, 11) is 0. The molecule has 8 aromatic heterocycles. The average molecular weight is 1020 g/mol. The fraction of sp³-hybridized carbons (Fsp3) is 0.244. The summed E-state index contributed by atoms with van der Waals surface area (Å²) in [6, 6.07) is 14.4. The van der Waals surface area contributed by atoms with E-state index in [-0.39, 0.29) is 52.9 Å². The number of aliphatic hydroxyl groups excluding tert-OH is 1. The molecule has 9 rings (SSSR count). The van der Waals surface area contributed by atoms with Crippen LogP contribution in [-0.2, 0) is 59.0 Å². The van der Waals surface area contributed by atoms with E-state index in [4.69, 9.17) is 27.9 Å². The van der Waals surface area contributed by atoms with Crippen LogP contribution in [0, 0.1) is 0 Å². The Morgan fingerprint density at radius 1 is 0.606 bits per heavy atom. The fourth-order valence-electron chi connectivity index (χ4n) is 7.53. The second kappa shape index (κ2) is 20.8. The lowest BCUT2D eigenvalue weighted by Crippen LogP contribution is -2.17. The molecule has 0 amide bonds. The second-order valence-electron chi connectivity index (χ2n) is 15.8. The number of ketones is 2. The minimum Gasteiger partial charge on any atom is -0.387 e. The molecule has 26 heteroatoms. The fourth-order valence-corrected chi connectivity index (χ4v) is 7.88. The van der Waals surface area contributed by atoms with Crippen molar-refractivity contribution < 1.29 is 45.8 Å². The maximum atomic E-state index is 13.8. The van der Waals surface area contributed by atoms with Gasteiger partial charge in [0.1, 0.15) is 22.7 Å². The number of carbonyl (C=O) groups is 2. The van der Waals surface area contributed by atoms with Gasteiger partial charge in [-0.1, -0.05) is 53.5 Å². The van der Waals surface area contributed by atoms with E-state index in [0.29, 0.717) is 40.4 Å². The summed E-state index contributed by atoms with van der Waals surface area (Å²) in [6.07, 6.45) is -1.50. The Morgan fingerprint density at radius 3 is 1.48 bits per heavy atom. The molecule has 0 radical (unpaired) electrons. The van der Waals surface area contributed by atoms with Gasteiger partial charge < -0.3 is 9.84 Å². The van der Waals surface area contributed by atoms with Crippen LogP contribution in [0.2, 0.25) is 10.3 Å². The average Bonchev–Trinajstić information content (AvgIpc) is 4.16. The third-order valence-electron chi connectivity index (χ3n) is 10.5. The number of rotatable bonds is 15. The summed E-state index contributed by atoms with van der Waals surface area (Å²) in [5.41, 5.74) is 1.73. The summed E-state index contributed by atoms with van der Waals surface area (Å²) < 4.78 is 90.8. The van der Waals surface area contributed by atoms with E-state index >= 15 is 0 Å². The number of halogens is 8. The number of alkyl halides is 6. The molecule has 1 N–H and O–H groups in total. The number of benzene rings is 1. The molecule has 0 aliphatic heterocycles. The minimum atomic E-state index is -4.72. The van der Waals surface area contributed by atoms with Gasteiger partial charge in [0, 0.05) is 73.7 Å². The van der Waals surface area contributed by atoms with Gasteiger partial charge in [0.05, 0.1) is 55.0 Å². The van der Waals surface area contributed by atoms with Crippen LogP contribution in [0.25, 0.3) is 22.9 Å². The van der Waals surface area contributed by atoms with Crippen LogP contribution in [0.1, 0.15) is 76.4 Å². The van der Waals surface area contributed by atoms with Gasteiger partial charge in [-0.25, -0.2) is 29.0 Å². The van der Waals surface area contributed by atoms with Crippen LogP contribution < -0.4 is 0 Å². The van der Waals surface area contributed by atoms with E-state index in [9.17, 15) is 41.0 Å². The third kappa shape index (κ3) is 11.7. The number of ether oxygens (including phenoxy) is 1. The lowest BCUT2D eigenvalue weighted by atomic mass is 10.0. The number of fused-ring (bicyclic) bond motifs is 2. The lowest BCUT2D eigenvalue weighted by Gasteiger charge is -2.18. The summed E-state index contributed by atoms with van der Waals surface area (Å²) in [5.74, 6) is -1.70. The van der Waals surface area contributed by atoms with Gasteiger partial charge in [0.15, 0.2) is 33.2 Å². The Kier molecular flexibility index (Phi) is 14.6. The molecule has 0 saturated carbocycles. The van der Waals surface area contributed by atoms with Gasteiger partial charge in [0.25, 0.3) is 0 Å². The van der Waals surface area contributed by atoms with Crippen LogP contribution in [0.15, 0.2) is 104 Å². The number of aromatic nitrogens is 14. The summed E-state index contributed by atoms with van der Waals surface area (Å²) in [6.45, 7) is 3.64. The van der Waals surface area contributed by atoms with E-state index < -0.39 is 53.1 Å². The number of aliphatic hydroxyl groups is 1. The largest absolute Gasteiger partial charge is 0.420 e. The van der Waals surface area contributed by atoms with Gasteiger partial charge in [-0.05, 0) is 42.7 Å². The molecule has 9 aromatic rings. The van der Waals surface area contributed by atoms with E-state index in [2.05, 4.69) is 50.5 Å². The van der Waals surface area contributed by atoms with Crippen molar-refractivity contribution in [2.24, 2.45) is 0 Å². The van der Waals surface area contributed by atoms with E-state index in [0.717, 1.165) is 27.3 Å². The monoisotopic (exact) mass is 1020 g/mol. The third-order valence-corrected chi connectivity index (χ3v) is 10.9. The smallest absolute Gasteiger partial charge is 0.387 e. The van der Waals surface area contributed by atoms with Gasteiger partial charge in [-0.2, -0.15) is 56.9 Å². The first-order valence-corrected chi connectivity index (χ1v) is 21.9. The predicted octanol–water partition coefficient (Wildman–Crippen LogP) is 7.79. The van der Waals surface area contributed by atoms with E-state index in [1.807, 2.05) is 37.3 Å². The predicted molar refractivity (Wildman–Crippen MR) is 239 cm³/mol. The molecule has 366 valence electrons. The molecule has 0 saturated heterocycles. The first-order chi connectivity index (χ1) is 33.8. The number of pyridine rings is 2. The van der Waals surface area contributed by atoms with E-state index in [1.165, 1.54) is 71.6 Å². The highest BCUT2D eigenvalue weighted by Gasteiger charge is 2.37. The van der Waals surface area contributed by atoms with Crippen LogP contribution in [0.3, 0.4) is 0 Å². The van der Waals surface area contributed by atoms with Crippen molar-refractivity contribution in [1.82, 2.24) is 69.2 Å². The zero-order valence-electron chi connectivity index (χ0n) is 37.0. The Balaban J connectivity index is 0.000000194. The highest BCUT2D eigenvalue weighted by Crippen LogP contribution is 2.35. The molecule has 0 spiro atoms. The van der Waals surface area contributed by atoms with Crippen LogP contribution in [0.5, 0.6) is 0 Å². The molecule has 1 aromatic carbocycles. The molecule has 0 bridgehead atoms. The van der Waals surface area contributed by atoms with Gasteiger partial charge in [0.2, 0.25) is 0 Å². The summed E-state index contributed by atoms with van der Waals surface area (Å²) in [4.78, 5) is 43.5. The Hall–Kier alpha value is -7.54. The first-order valence-electron chi connectivity index (χ1n) is 21.1. The lowest BCUT2D eigenvalue weighted by molar-refractivity contribution is -0.138. The molecule has 18 nitrogen and oxygen atoms in total. The molecule has 0 aliphatic rings. The SMILES string of the molecule is C[C@@H](O)c1c(CC(=O)Cc2cnc(-n3nccn3)c(C(F)(F)F)c2)cnc2cc(Cl)nn12.C[C@@H](OCc1ccccc1)c1c(CC(=O)Cc2cnc(-n3nccn3)c(C(F)(F)F)c2)cnc2cc(Cl)nn12. The molecular weight excluding hydrogens is 985 g/mol. The van der Waals surface area contributed by atoms with E-state index in [1.54, 1.807) is 6.07 Å². The standard InChI is InChI=1S/C26H21ClF3N7O2.C19H15ClF3N7O2/c1-16(39-15-17-5-3-2-4-6-17)24-19(14-31-23-12-22(27)35-36(23)24)11-20(38)9-18-10-21(26(28,29)30)25(32-13-18)37-33-7-8-34-37;1-10(31)17-12(9-24-16-7-15(20)28-29(16)17)6-13(32)4-11-5-14(19(21,22)23)18(25-8-11)30-26-2-3-27-30/h2-8,10,12-14,16H,9,11,15H2,1H3;2-3,5,7-10,31H,4,6H2,1H3/t16-;10-/m11/s1. The summed E-state index contributed by atoms with van der Waals surface area (Å²) in [5, 5.41) is 33.8. The number of hydrogen-bond acceptors (Lipinski definition) is 14. The van der Waals surface area contributed by atoms with Crippen molar-refractivity contribution in [3.05, 3.63) is 165 Å². The second-order valence-corrected chi connectivity index (χ2v) is 16.5. The Morgan fingerprint density at radius 2 is 1.04 bits per heavy atom. The molecular formula is C45H36Cl2F6N14O4. The van der Waals surface area contributed by atoms with Gasteiger partial charge in [-0.3, -0.25) is 9.59 Å². The highest BCUT2D eigenvalue weighted by molar-refractivity contribution is 6.30. The van der Waals surface area contributed by atoms with Crippen molar-refractivity contribution in [2.45, 2.75) is 70.7 Å². The minimum absolute atomic E-state index is 0.0769. The number of nitrogens with zero attached hydrogens (tertiary/aromatic N) is 14. The van der Waals surface area contributed by atoms with Crippen molar-refractivity contribution in [3.8, 4) is 11.6 Å². The van der Waals surface area contributed by atoms with Crippen molar-refractivity contribution >= 4 is 46.1 Å². The number of hydrogen-bond donors (Lipinski definition) is 1. The Bertz CT molecular complexity index is 3330. The number of Topliss-reactive ketones (excluding diaryl/α,β-unsaturated/α-hetero) is 2. The quantitative estimate of drug-likeness (QED) is 0.0972. The van der Waals surface area contributed by atoms with Crippen LogP contribution >= 0.6 is 23.2 Å². The number of carbonyl (C=O) groups excluding carboxylic acids is 2. The zero-order chi connectivity index (χ0) is 50.6. The van der Waals surface area contributed by atoms with Crippen LogP contribution in [0.4, 0.5) is 26.3 Å². The normalized spacial score (nSPS) is 12.8. The Labute approximate surface area is 406 Å². The molecule has 2 atom stereocenters. The first kappa shape index (κ1) is 49.9. The van der Waals surface area contributed by atoms with Crippen molar-refractivity contribution in [1.29, 1.82) is 0 Å².